The highest BCUT2D eigenvalue weighted by Crippen LogP contribution is 2.33. The summed E-state index contributed by atoms with van der Waals surface area (Å²) < 4.78 is 10.8. The molecule has 0 spiro atoms. The van der Waals surface area contributed by atoms with Gasteiger partial charge >= 0.3 is 5.97 Å². The van der Waals surface area contributed by atoms with Crippen LogP contribution in [0.3, 0.4) is 0 Å². The van der Waals surface area contributed by atoms with Gasteiger partial charge in [0.1, 0.15) is 5.56 Å². The van der Waals surface area contributed by atoms with E-state index >= 15 is 0 Å². The van der Waals surface area contributed by atoms with Crippen molar-refractivity contribution in [2.45, 2.75) is 13.3 Å². The van der Waals surface area contributed by atoms with Crippen LogP contribution in [0.5, 0.6) is 17.4 Å². The zero-order valence-electron chi connectivity index (χ0n) is 11.8. The molecular weight excluding hydrogens is 272 g/mol. The molecule has 1 aromatic carbocycles. The van der Waals surface area contributed by atoms with Crippen LogP contribution < -0.4 is 15.2 Å². The van der Waals surface area contributed by atoms with Crippen LogP contribution in [0.15, 0.2) is 30.5 Å². The first-order chi connectivity index (χ1) is 10.0. The molecule has 0 aliphatic heterocycles. The summed E-state index contributed by atoms with van der Waals surface area (Å²) in [7, 11) is 1.52. The average molecular weight is 288 g/mol. The zero-order chi connectivity index (χ0) is 15.4. The van der Waals surface area contributed by atoms with E-state index in [1.807, 2.05) is 19.1 Å². The number of nitrogens with zero attached hydrogens (tertiary/aromatic N) is 1. The lowest BCUT2D eigenvalue weighted by Crippen LogP contribution is -2.04. The SMILES string of the molecule is CCc1ccc(Oc2ncc(N)cc2C(=O)O)c(OC)c1. The molecule has 0 aliphatic rings. The van der Waals surface area contributed by atoms with E-state index in [-0.39, 0.29) is 17.1 Å². The molecule has 0 unspecified atom stereocenters. The standard InChI is InChI=1S/C15H16N2O4/c1-3-9-4-5-12(13(6-9)20-2)21-14-11(15(18)19)7-10(16)8-17-14/h4-8H,3,16H2,1-2H3,(H,18,19). The normalized spacial score (nSPS) is 10.2. The molecule has 0 fully saturated rings. The Kier molecular flexibility index (Phi) is 4.27. The number of nitrogens with two attached hydrogens (primary N) is 1. The van der Waals surface area contributed by atoms with Crippen LogP contribution >= 0.6 is 0 Å². The van der Waals surface area contributed by atoms with E-state index in [0.717, 1.165) is 12.0 Å². The maximum atomic E-state index is 11.2. The Morgan fingerprint density at radius 3 is 2.71 bits per heavy atom. The molecule has 6 nitrogen and oxygen atoms in total. The molecular formula is C15H16N2O4. The highest BCUT2D eigenvalue weighted by atomic mass is 16.5. The number of ether oxygens (including phenoxy) is 2. The topological polar surface area (TPSA) is 94.7 Å². The van der Waals surface area contributed by atoms with Crippen LogP contribution in [0, 0.1) is 0 Å². The maximum Gasteiger partial charge on any atom is 0.341 e. The van der Waals surface area contributed by atoms with E-state index in [1.54, 1.807) is 6.07 Å². The number of pyridine rings is 1. The number of methoxy groups -OCH3 is 1. The van der Waals surface area contributed by atoms with Gasteiger partial charge in [0.05, 0.1) is 19.0 Å². The number of benzene rings is 1. The zero-order valence-corrected chi connectivity index (χ0v) is 11.8. The quantitative estimate of drug-likeness (QED) is 0.878. The fraction of sp³-hybridized carbons (Fsp3) is 0.200. The molecule has 110 valence electrons. The fourth-order valence-corrected chi connectivity index (χ4v) is 1.82. The Morgan fingerprint density at radius 2 is 2.10 bits per heavy atom. The summed E-state index contributed by atoms with van der Waals surface area (Å²) in [5.41, 5.74) is 6.79. The molecule has 0 radical (unpaired) electrons. The lowest BCUT2D eigenvalue weighted by Gasteiger charge is -2.12. The first-order valence-corrected chi connectivity index (χ1v) is 6.38. The monoisotopic (exact) mass is 288 g/mol. The van der Waals surface area contributed by atoms with Gasteiger partial charge in [0.2, 0.25) is 5.88 Å². The second kappa shape index (κ2) is 6.13. The summed E-state index contributed by atoms with van der Waals surface area (Å²) in [6, 6.07) is 6.75. The van der Waals surface area contributed by atoms with Gasteiger partial charge in [-0.3, -0.25) is 0 Å². The van der Waals surface area contributed by atoms with Crippen LogP contribution in [-0.4, -0.2) is 23.2 Å². The predicted octanol–water partition coefficient (Wildman–Crippen LogP) is 2.73. The second-order valence-corrected chi connectivity index (χ2v) is 4.37. The fourth-order valence-electron chi connectivity index (χ4n) is 1.82. The predicted molar refractivity (Wildman–Crippen MR) is 78.1 cm³/mol. The molecule has 2 rings (SSSR count). The third-order valence-electron chi connectivity index (χ3n) is 2.95. The van der Waals surface area contributed by atoms with Gasteiger partial charge in [-0.15, -0.1) is 0 Å². The first kappa shape index (κ1) is 14.6. The Bertz CT molecular complexity index is 671. The number of carboxylic acids is 1. The number of aromatic carboxylic acids is 1. The molecule has 21 heavy (non-hydrogen) atoms. The highest BCUT2D eigenvalue weighted by molar-refractivity contribution is 5.91. The number of nitrogen functional groups attached to an aromatic ring is 1. The Labute approximate surface area is 122 Å². The van der Waals surface area contributed by atoms with Crippen molar-refractivity contribution in [1.82, 2.24) is 4.98 Å². The Balaban J connectivity index is 2.40. The Morgan fingerprint density at radius 1 is 1.33 bits per heavy atom. The lowest BCUT2D eigenvalue weighted by atomic mass is 10.1. The molecule has 3 N–H and O–H groups in total. The van der Waals surface area contributed by atoms with E-state index in [0.29, 0.717) is 11.5 Å². The summed E-state index contributed by atoms with van der Waals surface area (Å²) in [5.74, 6) is -0.271. The number of carbonyl (C=O) groups is 1. The van der Waals surface area contributed by atoms with E-state index in [4.69, 9.17) is 20.3 Å². The molecule has 0 saturated carbocycles. The number of carboxylic acid groups (broad SMARTS) is 1. The minimum atomic E-state index is -1.16. The van der Waals surface area contributed by atoms with E-state index in [1.165, 1.54) is 19.4 Å². The van der Waals surface area contributed by atoms with Gasteiger partial charge in [-0.1, -0.05) is 13.0 Å². The summed E-state index contributed by atoms with van der Waals surface area (Å²) in [6.07, 6.45) is 2.20. The van der Waals surface area contributed by atoms with Crippen molar-refractivity contribution in [1.29, 1.82) is 0 Å². The van der Waals surface area contributed by atoms with Crippen LogP contribution in [-0.2, 0) is 6.42 Å². The molecule has 0 amide bonds. The minimum Gasteiger partial charge on any atom is -0.493 e. The maximum absolute atomic E-state index is 11.2. The third kappa shape index (κ3) is 3.22. The molecule has 0 aliphatic carbocycles. The van der Waals surface area contributed by atoms with Crippen molar-refractivity contribution >= 4 is 11.7 Å². The minimum absolute atomic E-state index is 0.0285. The average Bonchev–Trinajstić information content (AvgIpc) is 2.49. The van der Waals surface area contributed by atoms with E-state index < -0.39 is 5.97 Å². The van der Waals surface area contributed by atoms with Crippen LogP contribution in [0.1, 0.15) is 22.8 Å². The largest absolute Gasteiger partial charge is 0.493 e. The van der Waals surface area contributed by atoms with Crippen molar-refractivity contribution in [3.05, 3.63) is 41.6 Å². The third-order valence-corrected chi connectivity index (χ3v) is 2.95. The summed E-state index contributed by atoms with van der Waals surface area (Å²) in [6.45, 7) is 2.03. The van der Waals surface area contributed by atoms with Crippen LogP contribution in [0.25, 0.3) is 0 Å². The molecule has 0 bridgehead atoms. The number of rotatable bonds is 5. The van der Waals surface area contributed by atoms with Crippen LogP contribution in [0.4, 0.5) is 5.69 Å². The Hall–Kier alpha value is -2.76. The lowest BCUT2D eigenvalue weighted by molar-refractivity contribution is 0.0693. The molecule has 2 aromatic rings. The number of hydrogen-bond donors (Lipinski definition) is 2. The summed E-state index contributed by atoms with van der Waals surface area (Å²) in [4.78, 5) is 15.1. The summed E-state index contributed by atoms with van der Waals surface area (Å²) in [5, 5.41) is 9.17. The van der Waals surface area contributed by atoms with Crippen LogP contribution in [0.2, 0.25) is 0 Å². The van der Waals surface area contributed by atoms with Gasteiger partial charge in [-0.05, 0) is 30.2 Å². The molecule has 1 heterocycles. The van der Waals surface area contributed by atoms with Crippen molar-refractivity contribution in [2.24, 2.45) is 0 Å². The van der Waals surface area contributed by atoms with Gasteiger partial charge in [0.15, 0.2) is 11.5 Å². The molecule has 1 aromatic heterocycles. The number of aryl methyl sites for hydroxylation is 1. The molecule has 0 atom stereocenters. The van der Waals surface area contributed by atoms with Gasteiger partial charge in [-0.25, -0.2) is 9.78 Å². The smallest absolute Gasteiger partial charge is 0.341 e. The van der Waals surface area contributed by atoms with E-state index in [2.05, 4.69) is 4.98 Å². The summed E-state index contributed by atoms with van der Waals surface area (Å²) >= 11 is 0. The van der Waals surface area contributed by atoms with Crippen molar-refractivity contribution < 1.29 is 19.4 Å². The first-order valence-electron chi connectivity index (χ1n) is 6.38. The van der Waals surface area contributed by atoms with Gasteiger partial charge in [-0.2, -0.15) is 0 Å². The van der Waals surface area contributed by atoms with Gasteiger partial charge in [0.25, 0.3) is 0 Å². The highest BCUT2D eigenvalue weighted by Gasteiger charge is 2.16. The number of aromatic nitrogens is 1. The van der Waals surface area contributed by atoms with Crippen molar-refractivity contribution in [3.8, 4) is 17.4 Å². The second-order valence-electron chi connectivity index (χ2n) is 4.37. The molecule has 0 saturated heterocycles. The number of hydrogen-bond acceptors (Lipinski definition) is 5. The van der Waals surface area contributed by atoms with E-state index in [9.17, 15) is 4.79 Å². The van der Waals surface area contributed by atoms with Gasteiger partial charge in [0, 0.05) is 0 Å². The number of anilines is 1. The van der Waals surface area contributed by atoms with Crippen molar-refractivity contribution in [2.75, 3.05) is 12.8 Å². The van der Waals surface area contributed by atoms with Gasteiger partial charge < -0.3 is 20.3 Å². The molecule has 6 heteroatoms. The van der Waals surface area contributed by atoms with Crippen molar-refractivity contribution in [3.63, 3.8) is 0 Å².